The van der Waals surface area contributed by atoms with Gasteiger partial charge in [-0.15, -0.1) is 12.3 Å². The quantitative estimate of drug-likeness (QED) is 0.0890. The van der Waals surface area contributed by atoms with Crippen molar-refractivity contribution in [3.63, 3.8) is 0 Å². The molecule has 294 valence electrons. The van der Waals surface area contributed by atoms with E-state index in [0.29, 0.717) is 38.1 Å². The summed E-state index contributed by atoms with van der Waals surface area (Å²) in [5.74, 6) is -2.03. The van der Waals surface area contributed by atoms with Crippen molar-refractivity contribution in [1.29, 1.82) is 0 Å². The molecule has 3 N–H and O–H groups in total. The summed E-state index contributed by atoms with van der Waals surface area (Å²) in [4.78, 5) is 37.5. The Morgan fingerprint density at radius 1 is 1.06 bits per heavy atom. The molecule has 2 fully saturated rings. The van der Waals surface area contributed by atoms with Gasteiger partial charge >= 0.3 is 5.97 Å². The van der Waals surface area contributed by atoms with E-state index in [1.807, 2.05) is 51.7 Å². The fourth-order valence-corrected chi connectivity index (χ4v) is 7.51. The molecule has 0 radical (unpaired) electrons. The van der Waals surface area contributed by atoms with Crippen LogP contribution in [0.3, 0.4) is 0 Å². The number of methoxy groups -OCH3 is 1. The van der Waals surface area contributed by atoms with Crippen LogP contribution in [0.15, 0.2) is 5.16 Å². The average molecular weight is 726 g/mol. The predicted molar refractivity (Wildman–Crippen MR) is 195 cm³/mol. The Labute approximate surface area is 306 Å². The molecule has 2 heterocycles. The van der Waals surface area contributed by atoms with Gasteiger partial charge in [0.25, 0.3) is 0 Å². The molecular formula is C38H67N3O10. The number of ketones is 1. The first-order chi connectivity index (χ1) is 23.8. The third-order valence-electron chi connectivity index (χ3n) is 10.9. The maximum absolute atomic E-state index is 14.2. The highest BCUT2D eigenvalue weighted by atomic mass is 16.7. The van der Waals surface area contributed by atoms with E-state index < -0.39 is 77.3 Å². The standard InChI is InChI=1S/C38H67N3O10/c1-14-16-19-41(12)28-21-24(4)49-36(32(28)43)51-34-26(6)31(42)27(7)35(45)50-29(15-2)38(9,46)33(44)25(5)30(23(3)22-37(34,8)47-13)39-48-20-17-18-40(10)11/h1,23-29,32-34,36,43-44,46H,15-22H2,2-13H3/b39-30+/t23-,24-,25+,26+,27-,28+,29-,32-,33+,34-,36?,37?,38-/m1/s1. The lowest BCUT2D eigenvalue weighted by Gasteiger charge is -2.47. The lowest BCUT2D eigenvalue weighted by molar-refractivity contribution is -0.295. The zero-order chi connectivity index (χ0) is 38.8. The first-order valence-electron chi connectivity index (χ1n) is 18.4. The normalized spacial score (nSPS) is 39.8. The van der Waals surface area contributed by atoms with E-state index in [-0.39, 0.29) is 25.0 Å². The van der Waals surface area contributed by atoms with Gasteiger partial charge in [0.15, 0.2) is 12.1 Å². The maximum Gasteiger partial charge on any atom is 0.316 e. The molecular weight excluding hydrogens is 658 g/mol. The van der Waals surface area contributed by atoms with Crippen LogP contribution in [0.4, 0.5) is 0 Å². The number of hydrogen-bond donors (Lipinski definition) is 3. The number of carbonyl (C=O) groups excluding carboxylic acids is 2. The summed E-state index contributed by atoms with van der Waals surface area (Å²) in [5.41, 5.74) is -2.65. The van der Waals surface area contributed by atoms with Crippen LogP contribution in [0.2, 0.25) is 0 Å². The Morgan fingerprint density at radius 3 is 2.27 bits per heavy atom. The van der Waals surface area contributed by atoms with Crippen molar-refractivity contribution in [2.45, 2.75) is 142 Å². The van der Waals surface area contributed by atoms with Gasteiger partial charge in [0.2, 0.25) is 0 Å². The van der Waals surface area contributed by atoms with Crippen molar-refractivity contribution in [2.75, 3.05) is 47.9 Å². The fraction of sp³-hybridized carbons (Fsp3) is 0.868. The molecule has 13 atom stereocenters. The summed E-state index contributed by atoms with van der Waals surface area (Å²) in [5, 5.41) is 39.5. The molecule has 0 aromatic carbocycles. The largest absolute Gasteiger partial charge is 0.459 e. The smallest absolute Gasteiger partial charge is 0.316 e. The number of carbonyl (C=O) groups is 2. The molecule has 13 nitrogen and oxygen atoms in total. The molecule has 0 aromatic heterocycles. The molecule has 2 aliphatic rings. The number of hydrogen-bond acceptors (Lipinski definition) is 13. The van der Waals surface area contributed by atoms with Gasteiger partial charge in [-0.1, -0.05) is 32.9 Å². The minimum absolute atomic E-state index is 0.182. The van der Waals surface area contributed by atoms with E-state index in [4.69, 9.17) is 30.2 Å². The molecule has 51 heavy (non-hydrogen) atoms. The molecule has 0 aromatic rings. The summed E-state index contributed by atoms with van der Waals surface area (Å²) >= 11 is 0. The van der Waals surface area contributed by atoms with Crippen LogP contribution in [-0.4, -0.2) is 145 Å². The summed E-state index contributed by atoms with van der Waals surface area (Å²) in [7, 11) is 7.34. The van der Waals surface area contributed by atoms with Crippen LogP contribution in [0.1, 0.15) is 87.5 Å². The first kappa shape index (κ1) is 45.0. The van der Waals surface area contributed by atoms with Gasteiger partial charge < -0.3 is 44.0 Å². The molecule has 0 aliphatic carbocycles. The van der Waals surface area contributed by atoms with Crippen LogP contribution in [0.5, 0.6) is 0 Å². The molecule has 2 saturated heterocycles. The number of cyclic esters (lactones) is 1. The van der Waals surface area contributed by atoms with Crippen LogP contribution in [0.25, 0.3) is 0 Å². The summed E-state index contributed by atoms with van der Waals surface area (Å²) in [6.45, 7) is 15.3. The molecule has 2 rings (SSSR count). The van der Waals surface area contributed by atoms with Gasteiger partial charge in [0, 0.05) is 50.4 Å². The average Bonchev–Trinajstić information content (AvgIpc) is 3.08. The third kappa shape index (κ3) is 11.4. The van der Waals surface area contributed by atoms with E-state index in [0.717, 1.165) is 6.54 Å². The Bertz CT molecular complexity index is 1190. The highest BCUT2D eigenvalue weighted by molar-refractivity contribution is 6.00. The van der Waals surface area contributed by atoms with Crippen molar-refractivity contribution in [2.24, 2.45) is 28.8 Å². The third-order valence-corrected chi connectivity index (χ3v) is 10.9. The number of Topliss-reactive ketones (excluding diaryl/α,β-unsaturated/α-hetero) is 1. The van der Waals surface area contributed by atoms with Gasteiger partial charge in [0.05, 0.1) is 29.6 Å². The molecule has 2 aliphatic heterocycles. The van der Waals surface area contributed by atoms with Crippen LogP contribution in [-0.2, 0) is 33.4 Å². The number of rotatable bonds is 12. The number of terminal acetylenes is 1. The number of nitrogens with zero attached hydrogens (tertiary/aromatic N) is 3. The second-order valence-corrected chi connectivity index (χ2v) is 15.4. The zero-order valence-electron chi connectivity index (χ0n) is 33.1. The van der Waals surface area contributed by atoms with Crippen molar-refractivity contribution in [1.82, 2.24) is 9.80 Å². The predicted octanol–water partition coefficient (Wildman–Crippen LogP) is 2.87. The van der Waals surface area contributed by atoms with Crippen molar-refractivity contribution in [3.8, 4) is 12.3 Å². The van der Waals surface area contributed by atoms with Gasteiger partial charge in [-0.3, -0.25) is 14.5 Å². The SMILES string of the molecule is C#CCCN(C)[C@H]1C[C@@H](C)OC(O[C@@H]2[C@@H](C)C(=O)[C@@H](C)C(=O)O[C@H](CC)[C@@](C)(O)[C@@H](O)[C@@H](C)/C(=N/OCCCN(C)C)[C@H](C)CC2(C)OC)[C@@H]1O. The van der Waals surface area contributed by atoms with Crippen molar-refractivity contribution in [3.05, 3.63) is 0 Å². The number of aliphatic hydroxyl groups is 3. The second-order valence-electron chi connectivity index (χ2n) is 15.4. The number of ether oxygens (including phenoxy) is 4. The van der Waals surface area contributed by atoms with Gasteiger partial charge in [0.1, 0.15) is 30.3 Å². The maximum atomic E-state index is 14.2. The summed E-state index contributed by atoms with van der Waals surface area (Å²) < 4.78 is 24.8. The monoisotopic (exact) mass is 725 g/mol. The Kier molecular flexibility index (Phi) is 17.5. The second kappa shape index (κ2) is 19.8. The molecule has 0 spiro atoms. The highest BCUT2D eigenvalue weighted by Crippen LogP contribution is 2.38. The lowest BCUT2D eigenvalue weighted by atomic mass is 9.74. The molecule has 2 unspecified atom stereocenters. The highest BCUT2D eigenvalue weighted by Gasteiger charge is 2.51. The van der Waals surface area contributed by atoms with Crippen molar-refractivity contribution < 1.29 is 48.7 Å². The van der Waals surface area contributed by atoms with Crippen LogP contribution < -0.4 is 0 Å². The first-order valence-corrected chi connectivity index (χ1v) is 18.4. The van der Waals surface area contributed by atoms with E-state index in [1.54, 1.807) is 20.8 Å². The van der Waals surface area contributed by atoms with Crippen LogP contribution >= 0.6 is 0 Å². The van der Waals surface area contributed by atoms with Gasteiger partial charge in [-0.25, -0.2) is 0 Å². The fourth-order valence-electron chi connectivity index (χ4n) is 7.51. The topological polar surface area (TPSA) is 160 Å². The van der Waals surface area contributed by atoms with Crippen LogP contribution in [0, 0.1) is 36.0 Å². The zero-order valence-corrected chi connectivity index (χ0v) is 33.1. The Balaban J connectivity index is 2.68. The molecule has 13 heteroatoms. The number of esters is 1. The van der Waals surface area contributed by atoms with Gasteiger partial charge in [-0.05, 0) is 74.5 Å². The molecule has 0 amide bonds. The number of oxime groups is 1. The summed E-state index contributed by atoms with van der Waals surface area (Å²) in [6.07, 6.45) is 1.60. The molecule has 0 bridgehead atoms. The number of aliphatic hydroxyl groups excluding tert-OH is 2. The van der Waals surface area contributed by atoms with E-state index in [1.165, 1.54) is 21.0 Å². The van der Waals surface area contributed by atoms with E-state index in [2.05, 4.69) is 11.1 Å². The summed E-state index contributed by atoms with van der Waals surface area (Å²) in [6, 6.07) is -0.331. The Morgan fingerprint density at radius 2 is 1.71 bits per heavy atom. The van der Waals surface area contributed by atoms with Crippen molar-refractivity contribution >= 4 is 17.5 Å². The lowest BCUT2D eigenvalue weighted by Crippen LogP contribution is -2.60. The minimum Gasteiger partial charge on any atom is -0.459 e. The Hall–Kier alpha value is -2.15. The number of likely N-dealkylation sites (N-methyl/N-ethyl adjacent to an activating group) is 1. The van der Waals surface area contributed by atoms with E-state index >= 15 is 0 Å². The molecule has 0 saturated carbocycles. The van der Waals surface area contributed by atoms with Gasteiger partial charge in [-0.2, -0.15) is 0 Å². The minimum atomic E-state index is -1.89. The van der Waals surface area contributed by atoms with E-state index in [9.17, 15) is 24.9 Å².